The second kappa shape index (κ2) is 5.02. The molecule has 0 amide bonds. The fourth-order valence-corrected chi connectivity index (χ4v) is 2.25. The van der Waals surface area contributed by atoms with Gasteiger partial charge in [0, 0.05) is 29.5 Å². The molecule has 0 bridgehead atoms. The van der Waals surface area contributed by atoms with E-state index < -0.39 is 0 Å². The summed E-state index contributed by atoms with van der Waals surface area (Å²) in [5, 5.41) is 0. The maximum absolute atomic E-state index is 13.2. The lowest BCUT2D eigenvalue weighted by atomic mass is 10.2. The van der Waals surface area contributed by atoms with Crippen LogP contribution in [-0.4, -0.2) is 4.57 Å². The molecule has 0 saturated heterocycles. The summed E-state index contributed by atoms with van der Waals surface area (Å²) in [4.78, 5) is 0. The lowest BCUT2D eigenvalue weighted by Gasteiger charge is -2.05. The van der Waals surface area contributed by atoms with Crippen molar-refractivity contribution in [1.29, 1.82) is 0 Å². The highest BCUT2D eigenvalue weighted by atomic mass is 79.9. The topological polar surface area (TPSA) is 30.9 Å². The largest absolute Gasteiger partial charge is 0.350 e. The highest BCUT2D eigenvalue weighted by molar-refractivity contribution is 9.10. The van der Waals surface area contributed by atoms with Gasteiger partial charge in [0.05, 0.1) is 0 Å². The molecule has 2 nitrogen and oxygen atoms in total. The van der Waals surface area contributed by atoms with E-state index in [1.807, 2.05) is 36.0 Å². The quantitative estimate of drug-likeness (QED) is 0.924. The van der Waals surface area contributed by atoms with E-state index in [2.05, 4.69) is 15.9 Å². The van der Waals surface area contributed by atoms with Crippen molar-refractivity contribution >= 4 is 15.9 Å². The van der Waals surface area contributed by atoms with Gasteiger partial charge in [-0.05, 0) is 42.3 Å². The Morgan fingerprint density at radius 1 is 1.41 bits per heavy atom. The van der Waals surface area contributed by atoms with E-state index in [4.69, 9.17) is 5.73 Å². The van der Waals surface area contributed by atoms with Crippen molar-refractivity contribution in [3.63, 3.8) is 0 Å². The van der Waals surface area contributed by atoms with Gasteiger partial charge < -0.3 is 10.3 Å². The highest BCUT2D eigenvalue weighted by Crippen LogP contribution is 2.17. The van der Waals surface area contributed by atoms with Crippen LogP contribution in [0, 0.1) is 5.82 Å². The molecule has 17 heavy (non-hydrogen) atoms. The maximum Gasteiger partial charge on any atom is 0.124 e. The van der Waals surface area contributed by atoms with Gasteiger partial charge in [0.2, 0.25) is 0 Å². The molecule has 0 aliphatic rings. The van der Waals surface area contributed by atoms with Crippen molar-refractivity contribution in [3.8, 4) is 0 Å². The van der Waals surface area contributed by atoms with Crippen LogP contribution < -0.4 is 5.73 Å². The van der Waals surface area contributed by atoms with Crippen LogP contribution >= 0.6 is 15.9 Å². The Bertz CT molecular complexity index is 500. The van der Waals surface area contributed by atoms with Crippen molar-refractivity contribution in [2.24, 2.45) is 5.73 Å². The van der Waals surface area contributed by atoms with Crippen LogP contribution in [0.4, 0.5) is 4.39 Å². The zero-order chi connectivity index (χ0) is 12.4. The molecule has 0 aliphatic heterocycles. The summed E-state index contributed by atoms with van der Waals surface area (Å²) in [6.07, 6.45) is 3.95. The Balaban J connectivity index is 2.19. The first-order chi connectivity index (χ1) is 8.04. The number of hydrogen-bond donors (Lipinski definition) is 1. The van der Waals surface area contributed by atoms with Gasteiger partial charge >= 0.3 is 0 Å². The zero-order valence-electron chi connectivity index (χ0n) is 9.53. The number of benzene rings is 1. The summed E-state index contributed by atoms with van der Waals surface area (Å²) in [7, 11) is 0. The van der Waals surface area contributed by atoms with Gasteiger partial charge in [0.25, 0.3) is 0 Å². The summed E-state index contributed by atoms with van der Waals surface area (Å²) < 4.78 is 16.0. The molecule has 2 N–H and O–H groups in total. The molecule has 0 aliphatic carbocycles. The van der Waals surface area contributed by atoms with Crippen molar-refractivity contribution in [1.82, 2.24) is 4.57 Å². The Labute approximate surface area is 108 Å². The van der Waals surface area contributed by atoms with Gasteiger partial charge in [-0.3, -0.25) is 0 Å². The molecule has 1 heterocycles. The lowest BCUT2D eigenvalue weighted by molar-refractivity contribution is 0.622. The molecule has 90 valence electrons. The molecule has 1 aromatic carbocycles. The van der Waals surface area contributed by atoms with Crippen molar-refractivity contribution in [3.05, 3.63) is 58.1 Å². The average molecular weight is 297 g/mol. The van der Waals surface area contributed by atoms with Crippen LogP contribution in [0.25, 0.3) is 0 Å². The monoisotopic (exact) mass is 296 g/mol. The third-order valence-electron chi connectivity index (χ3n) is 2.59. The Morgan fingerprint density at radius 3 is 2.76 bits per heavy atom. The molecule has 0 spiro atoms. The highest BCUT2D eigenvalue weighted by Gasteiger charge is 2.03. The van der Waals surface area contributed by atoms with E-state index in [1.54, 1.807) is 0 Å². The first-order valence-electron chi connectivity index (χ1n) is 5.41. The van der Waals surface area contributed by atoms with Gasteiger partial charge in [-0.2, -0.15) is 0 Å². The zero-order valence-corrected chi connectivity index (χ0v) is 11.1. The Morgan fingerprint density at radius 2 is 2.18 bits per heavy atom. The summed E-state index contributed by atoms with van der Waals surface area (Å²) in [6.45, 7) is 2.58. The minimum atomic E-state index is -0.228. The van der Waals surface area contributed by atoms with Gasteiger partial charge in [0.15, 0.2) is 0 Å². The van der Waals surface area contributed by atoms with Gasteiger partial charge in [-0.25, -0.2) is 4.39 Å². The third-order valence-corrected chi connectivity index (χ3v) is 3.04. The lowest BCUT2D eigenvalue weighted by Crippen LogP contribution is -2.04. The molecule has 4 heteroatoms. The predicted molar refractivity (Wildman–Crippen MR) is 70.2 cm³/mol. The minimum absolute atomic E-state index is 0.0236. The van der Waals surface area contributed by atoms with E-state index >= 15 is 0 Å². The number of nitrogens with zero attached hydrogens (tertiary/aromatic N) is 1. The molecular weight excluding hydrogens is 283 g/mol. The summed E-state index contributed by atoms with van der Waals surface area (Å²) in [6, 6.07) is 6.91. The fourth-order valence-electron chi connectivity index (χ4n) is 1.74. The number of hydrogen-bond acceptors (Lipinski definition) is 1. The molecule has 0 saturated carbocycles. The predicted octanol–water partition coefficient (Wildman–Crippen LogP) is 3.46. The molecule has 1 unspecified atom stereocenters. The fraction of sp³-hybridized carbons (Fsp3) is 0.231. The van der Waals surface area contributed by atoms with Crippen LogP contribution in [-0.2, 0) is 6.54 Å². The number of aromatic nitrogens is 1. The normalized spacial score (nSPS) is 12.7. The van der Waals surface area contributed by atoms with Crippen LogP contribution in [0.1, 0.15) is 24.1 Å². The molecule has 0 radical (unpaired) electrons. The Kier molecular flexibility index (Phi) is 3.64. The van der Waals surface area contributed by atoms with E-state index in [9.17, 15) is 4.39 Å². The minimum Gasteiger partial charge on any atom is -0.350 e. The second-order valence-electron chi connectivity index (χ2n) is 4.18. The first kappa shape index (κ1) is 12.3. The molecule has 1 atom stereocenters. The number of halogens is 2. The third kappa shape index (κ3) is 3.17. The summed E-state index contributed by atoms with van der Waals surface area (Å²) in [5.74, 6) is -0.228. The van der Waals surface area contributed by atoms with E-state index in [0.29, 0.717) is 6.54 Å². The second-order valence-corrected chi connectivity index (χ2v) is 5.10. The molecule has 2 aromatic rings. The van der Waals surface area contributed by atoms with Gasteiger partial charge in [0.1, 0.15) is 5.82 Å². The number of nitrogens with two attached hydrogens (primary N) is 1. The van der Waals surface area contributed by atoms with Crippen LogP contribution in [0.3, 0.4) is 0 Å². The summed E-state index contributed by atoms with van der Waals surface area (Å²) >= 11 is 3.29. The average Bonchev–Trinajstić information content (AvgIpc) is 2.64. The Hall–Kier alpha value is -1.13. The van der Waals surface area contributed by atoms with E-state index in [1.165, 1.54) is 12.1 Å². The maximum atomic E-state index is 13.2. The smallest absolute Gasteiger partial charge is 0.124 e. The SMILES string of the molecule is CC(N)c1ccn(Cc2cc(F)cc(Br)c2)c1. The van der Waals surface area contributed by atoms with Crippen molar-refractivity contribution < 1.29 is 4.39 Å². The van der Waals surface area contributed by atoms with Crippen molar-refractivity contribution in [2.75, 3.05) is 0 Å². The van der Waals surface area contributed by atoms with Gasteiger partial charge in [-0.15, -0.1) is 0 Å². The van der Waals surface area contributed by atoms with Crippen LogP contribution in [0.15, 0.2) is 41.1 Å². The molecular formula is C13H14BrFN2. The molecule has 1 aromatic heterocycles. The van der Waals surface area contributed by atoms with Crippen molar-refractivity contribution in [2.45, 2.75) is 19.5 Å². The standard InChI is InChI=1S/C13H14BrFN2/c1-9(16)11-2-3-17(8-11)7-10-4-12(14)6-13(15)5-10/h2-6,8-9H,7,16H2,1H3. The van der Waals surface area contributed by atoms with E-state index in [-0.39, 0.29) is 11.9 Å². The number of rotatable bonds is 3. The summed E-state index contributed by atoms with van der Waals surface area (Å²) in [5.41, 5.74) is 7.79. The van der Waals surface area contributed by atoms with Gasteiger partial charge in [-0.1, -0.05) is 15.9 Å². The first-order valence-corrected chi connectivity index (χ1v) is 6.20. The molecule has 0 fully saturated rings. The molecule has 2 rings (SSSR count). The van der Waals surface area contributed by atoms with E-state index in [0.717, 1.165) is 15.6 Å². The van der Waals surface area contributed by atoms with Crippen LogP contribution in [0.2, 0.25) is 0 Å². The van der Waals surface area contributed by atoms with Crippen LogP contribution in [0.5, 0.6) is 0 Å².